The van der Waals surface area contributed by atoms with Gasteiger partial charge in [-0.2, -0.15) is 0 Å². The predicted octanol–water partition coefficient (Wildman–Crippen LogP) is -0.549. The van der Waals surface area contributed by atoms with Gasteiger partial charge in [-0.3, -0.25) is 19.3 Å². The molecule has 1 aliphatic rings. The summed E-state index contributed by atoms with van der Waals surface area (Å²) in [6.45, 7) is 0.761. The van der Waals surface area contributed by atoms with Crippen LogP contribution in [0.15, 0.2) is 0 Å². The highest BCUT2D eigenvalue weighted by Crippen LogP contribution is 2.21. The van der Waals surface area contributed by atoms with Crippen LogP contribution in [0.5, 0.6) is 0 Å². The lowest BCUT2D eigenvalue weighted by molar-refractivity contribution is -0.138. The highest BCUT2D eigenvalue weighted by Gasteiger charge is 2.34. The third-order valence-corrected chi connectivity index (χ3v) is 2.87. The zero-order valence-corrected chi connectivity index (χ0v) is 10.8. The molecule has 0 aromatic heterocycles. The van der Waals surface area contributed by atoms with Crippen molar-refractivity contribution in [2.45, 2.75) is 31.5 Å². The van der Waals surface area contributed by atoms with Crippen LogP contribution in [0.4, 0.5) is 0 Å². The van der Waals surface area contributed by atoms with Gasteiger partial charge in [-0.15, -0.1) is 0 Å². The zero-order chi connectivity index (χ0) is 14.3. The average molecular weight is 267 g/mol. The maximum Gasteiger partial charge on any atom is 0.229 e. The molecule has 1 saturated heterocycles. The summed E-state index contributed by atoms with van der Waals surface area (Å²) >= 11 is 0. The van der Waals surface area contributed by atoms with Gasteiger partial charge in [0, 0.05) is 38.2 Å². The summed E-state index contributed by atoms with van der Waals surface area (Å²) in [5.74, 6) is -1.48. The fourth-order valence-electron chi connectivity index (χ4n) is 1.84. The molecule has 0 aromatic rings. The molecule has 7 heteroatoms. The molecule has 0 aromatic carbocycles. The van der Waals surface area contributed by atoms with Crippen molar-refractivity contribution in [1.29, 1.82) is 0 Å². The minimum Gasteiger partial charge on any atom is -0.394 e. The van der Waals surface area contributed by atoms with Gasteiger partial charge in [0.15, 0.2) is 0 Å². The first-order valence-corrected chi connectivity index (χ1v) is 6.36. The molecule has 19 heavy (non-hydrogen) atoms. The van der Waals surface area contributed by atoms with Crippen molar-refractivity contribution in [2.24, 2.45) is 0 Å². The van der Waals surface area contributed by atoms with Crippen LogP contribution in [0.2, 0.25) is 5.82 Å². The zero-order valence-electron chi connectivity index (χ0n) is 10.8. The molecule has 1 aliphatic heterocycles. The number of likely N-dealkylation sites (tertiary alicyclic amines) is 1. The van der Waals surface area contributed by atoms with E-state index in [-0.39, 0.29) is 44.3 Å². The topological polar surface area (TPSA) is 83.9 Å². The highest BCUT2D eigenvalue weighted by atomic mass is 16.5. The normalized spacial score (nSPS) is 19.2. The fourth-order valence-corrected chi connectivity index (χ4v) is 1.84. The van der Waals surface area contributed by atoms with Crippen LogP contribution in [0.25, 0.3) is 0 Å². The molecule has 0 saturated carbocycles. The molecule has 2 radical (unpaired) electrons. The lowest BCUT2D eigenvalue weighted by Gasteiger charge is -2.13. The van der Waals surface area contributed by atoms with Gasteiger partial charge in [-0.25, -0.2) is 0 Å². The van der Waals surface area contributed by atoms with E-state index in [2.05, 4.69) is 0 Å². The average Bonchev–Trinajstić information content (AvgIpc) is 2.61. The van der Waals surface area contributed by atoms with Gasteiger partial charge in [0.1, 0.15) is 5.78 Å². The van der Waals surface area contributed by atoms with Crippen molar-refractivity contribution in [3.05, 3.63) is 0 Å². The summed E-state index contributed by atoms with van der Waals surface area (Å²) in [4.78, 5) is 35.5. The summed E-state index contributed by atoms with van der Waals surface area (Å²) in [5.41, 5.74) is 0. The van der Waals surface area contributed by atoms with Crippen molar-refractivity contribution < 1.29 is 24.2 Å². The van der Waals surface area contributed by atoms with Gasteiger partial charge in [0.05, 0.1) is 21.1 Å². The van der Waals surface area contributed by atoms with E-state index in [1.165, 1.54) is 0 Å². The Bertz CT molecular complexity index is 347. The van der Waals surface area contributed by atoms with E-state index < -0.39 is 11.7 Å². The SMILES string of the molecule is [B]C1CC(=O)N(CCC(=O)CCCOCCO)C1=O. The van der Waals surface area contributed by atoms with E-state index >= 15 is 0 Å². The Labute approximate surface area is 113 Å². The second-order valence-electron chi connectivity index (χ2n) is 4.42. The Hall–Kier alpha value is -1.21. The molecule has 1 fully saturated rings. The van der Waals surface area contributed by atoms with Crippen LogP contribution in [-0.2, 0) is 19.1 Å². The number of nitrogens with zero attached hydrogens (tertiary/aromatic N) is 1. The molecule has 1 rings (SSSR count). The van der Waals surface area contributed by atoms with Crippen LogP contribution in [0.3, 0.4) is 0 Å². The number of aliphatic hydroxyl groups is 1. The van der Waals surface area contributed by atoms with Crippen molar-refractivity contribution in [3.63, 3.8) is 0 Å². The van der Waals surface area contributed by atoms with Crippen molar-refractivity contribution >= 4 is 25.4 Å². The van der Waals surface area contributed by atoms with E-state index in [4.69, 9.17) is 17.7 Å². The number of ketones is 1. The minimum atomic E-state index is -0.755. The maximum absolute atomic E-state index is 11.5. The standard InChI is InChI=1S/C12H18BNO5/c13-10-8-11(17)14(12(10)18)4-3-9(16)2-1-6-19-7-5-15/h10,15H,1-8H2. The van der Waals surface area contributed by atoms with Gasteiger partial charge < -0.3 is 9.84 Å². The maximum atomic E-state index is 11.5. The Balaban J connectivity index is 2.16. The van der Waals surface area contributed by atoms with E-state index in [1.54, 1.807) is 0 Å². The number of rotatable bonds is 9. The van der Waals surface area contributed by atoms with Gasteiger partial charge in [-0.1, -0.05) is 0 Å². The molecule has 2 amide bonds. The second kappa shape index (κ2) is 8.06. The van der Waals surface area contributed by atoms with Crippen molar-refractivity contribution in [3.8, 4) is 0 Å². The van der Waals surface area contributed by atoms with Gasteiger partial charge in [0.2, 0.25) is 11.8 Å². The van der Waals surface area contributed by atoms with Crippen LogP contribution in [-0.4, -0.2) is 61.8 Å². The number of hydrogen-bond acceptors (Lipinski definition) is 5. The molecule has 0 aliphatic carbocycles. The van der Waals surface area contributed by atoms with E-state index in [0.29, 0.717) is 19.4 Å². The highest BCUT2D eigenvalue weighted by molar-refractivity contribution is 6.29. The molecule has 1 atom stereocenters. The Morgan fingerprint density at radius 1 is 1.37 bits per heavy atom. The number of imide groups is 1. The molecule has 1 heterocycles. The number of amides is 2. The Morgan fingerprint density at radius 3 is 2.68 bits per heavy atom. The molecule has 6 nitrogen and oxygen atoms in total. The molecule has 0 bridgehead atoms. The minimum absolute atomic E-state index is 0.0198. The Kier molecular flexibility index (Phi) is 6.73. The molecular formula is C12H18BNO5. The third kappa shape index (κ3) is 5.12. The molecule has 104 valence electrons. The number of carbonyl (C=O) groups excluding carboxylic acids is 3. The van der Waals surface area contributed by atoms with E-state index in [0.717, 1.165) is 4.90 Å². The fraction of sp³-hybridized carbons (Fsp3) is 0.750. The van der Waals surface area contributed by atoms with E-state index in [9.17, 15) is 14.4 Å². The lowest BCUT2D eigenvalue weighted by atomic mass is 9.86. The quantitative estimate of drug-likeness (QED) is 0.344. The smallest absolute Gasteiger partial charge is 0.229 e. The summed E-state index contributed by atoms with van der Waals surface area (Å²) in [6, 6.07) is 0. The largest absolute Gasteiger partial charge is 0.394 e. The molecular weight excluding hydrogens is 249 g/mol. The first-order valence-electron chi connectivity index (χ1n) is 6.36. The second-order valence-corrected chi connectivity index (χ2v) is 4.42. The number of ether oxygens (including phenoxy) is 1. The number of aliphatic hydroxyl groups excluding tert-OH is 1. The van der Waals surface area contributed by atoms with Crippen molar-refractivity contribution in [2.75, 3.05) is 26.4 Å². The summed E-state index contributed by atoms with van der Waals surface area (Å²) in [5, 5.41) is 8.48. The summed E-state index contributed by atoms with van der Waals surface area (Å²) in [6.07, 6.45) is 1.10. The number of carbonyl (C=O) groups is 3. The predicted molar refractivity (Wildman–Crippen MR) is 67.6 cm³/mol. The Morgan fingerprint density at radius 2 is 2.11 bits per heavy atom. The molecule has 1 unspecified atom stereocenters. The number of hydrogen-bond donors (Lipinski definition) is 1. The first-order chi connectivity index (χ1) is 9.06. The van der Waals surface area contributed by atoms with Crippen LogP contribution in [0.1, 0.15) is 25.7 Å². The van der Waals surface area contributed by atoms with Gasteiger partial charge in [-0.05, 0) is 6.42 Å². The van der Waals surface area contributed by atoms with Gasteiger partial charge in [0.25, 0.3) is 0 Å². The summed E-state index contributed by atoms with van der Waals surface area (Å²) in [7, 11) is 5.46. The molecule has 1 N–H and O–H groups in total. The molecule has 0 spiro atoms. The van der Waals surface area contributed by atoms with E-state index in [1.807, 2.05) is 0 Å². The third-order valence-electron chi connectivity index (χ3n) is 2.87. The van der Waals surface area contributed by atoms with Crippen LogP contribution < -0.4 is 0 Å². The monoisotopic (exact) mass is 267 g/mol. The van der Waals surface area contributed by atoms with Gasteiger partial charge >= 0.3 is 0 Å². The van der Waals surface area contributed by atoms with Crippen LogP contribution >= 0.6 is 0 Å². The van der Waals surface area contributed by atoms with Crippen LogP contribution in [0, 0.1) is 0 Å². The number of Topliss-reactive ketones (excluding diaryl/α,β-unsaturated/α-hetero) is 1. The van der Waals surface area contributed by atoms with Crippen molar-refractivity contribution in [1.82, 2.24) is 4.90 Å². The summed E-state index contributed by atoms with van der Waals surface area (Å²) < 4.78 is 5.02. The first kappa shape index (κ1) is 15.9. The lowest BCUT2D eigenvalue weighted by Crippen LogP contribution is -2.32.